The highest BCUT2D eigenvalue weighted by molar-refractivity contribution is 14.1. The molecule has 9 atom stereocenters. The molecule has 4 fully saturated rings. The number of carboxylic acids is 1. The fourth-order valence-electron chi connectivity index (χ4n) is 10.2. The first-order chi connectivity index (χ1) is 15.6. The molecular weight excluding hydrogens is 537 g/mol. The maximum atomic E-state index is 11.8. The molecule has 0 aromatic rings. The highest BCUT2D eigenvalue weighted by atomic mass is 127. The van der Waals surface area contributed by atoms with Gasteiger partial charge in [0.1, 0.15) is 0 Å². The Morgan fingerprint density at radius 1 is 1.09 bits per heavy atom. The molecule has 0 amide bonds. The topological polar surface area (TPSA) is 60.8 Å². The predicted molar refractivity (Wildman–Crippen MR) is 147 cm³/mol. The Balaban J connectivity index is 1.51. The Bertz CT molecular complexity index is 783. The Morgan fingerprint density at radius 3 is 2.38 bits per heavy atom. The molecule has 3 saturated carbocycles. The molecule has 3 aliphatic carbocycles. The molecule has 196 valence electrons. The van der Waals surface area contributed by atoms with Gasteiger partial charge in [-0.25, -0.2) is 3.11 Å². The van der Waals surface area contributed by atoms with E-state index in [1.54, 1.807) is 0 Å². The summed E-state index contributed by atoms with van der Waals surface area (Å²) in [5.74, 6) is 2.99. The molecule has 2 N–H and O–H groups in total. The van der Waals surface area contributed by atoms with Crippen molar-refractivity contribution in [2.45, 2.75) is 106 Å². The molecule has 4 rings (SSSR count). The van der Waals surface area contributed by atoms with Crippen molar-refractivity contribution in [1.82, 2.24) is 3.11 Å². The first kappa shape index (κ1) is 27.2. The van der Waals surface area contributed by atoms with Gasteiger partial charge in [0, 0.05) is 36.0 Å². The second kappa shape index (κ2) is 9.15. The van der Waals surface area contributed by atoms with Crippen LogP contribution in [0.5, 0.6) is 0 Å². The molecule has 34 heavy (non-hydrogen) atoms. The fourth-order valence-corrected chi connectivity index (χ4v) is 10.9. The van der Waals surface area contributed by atoms with Crippen LogP contribution in [-0.2, 0) is 4.79 Å². The molecule has 0 bridgehead atoms. The van der Waals surface area contributed by atoms with Crippen molar-refractivity contribution in [1.29, 1.82) is 0 Å². The maximum absolute atomic E-state index is 11.8. The molecule has 4 nitrogen and oxygen atoms in total. The molecular formula is C29H50INO3. The highest BCUT2D eigenvalue weighted by Gasteiger charge is 2.63. The van der Waals surface area contributed by atoms with Crippen LogP contribution in [0.15, 0.2) is 0 Å². The number of rotatable bonds is 6. The minimum absolute atomic E-state index is 0.00537. The van der Waals surface area contributed by atoms with Gasteiger partial charge in [-0.3, -0.25) is 4.79 Å². The lowest BCUT2D eigenvalue weighted by molar-refractivity contribution is -0.165. The lowest BCUT2D eigenvalue weighted by Gasteiger charge is -2.62. The van der Waals surface area contributed by atoms with Gasteiger partial charge in [-0.05, 0) is 117 Å². The van der Waals surface area contributed by atoms with E-state index in [0.717, 1.165) is 19.4 Å². The second-order valence-corrected chi connectivity index (χ2v) is 16.2. The number of nitrogens with zero attached hydrogens (tertiary/aromatic N) is 1. The van der Waals surface area contributed by atoms with Gasteiger partial charge in [-0.1, -0.05) is 34.6 Å². The lowest BCUT2D eigenvalue weighted by atomic mass is 9.44. The molecule has 5 heteroatoms. The number of piperidine rings is 1. The summed E-state index contributed by atoms with van der Waals surface area (Å²) in [6, 6.07) is 0. The number of aliphatic carboxylic acids is 1. The van der Waals surface area contributed by atoms with Crippen LogP contribution in [0.25, 0.3) is 0 Å². The van der Waals surface area contributed by atoms with Gasteiger partial charge in [0.15, 0.2) is 0 Å². The highest BCUT2D eigenvalue weighted by Crippen LogP contribution is 2.68. The summed E-state index contributed by atoms with van der Waals surface area (Å²) in [5, 5.41) is 21.2. The van der Waals surface area contributed by atoms with Crippen LogP contribution < -0.4 is 0 Å². The number of carbonyl (C=O) groups is 1. The molecule has 0 radical (unpaired) electrons. The minimum Gasteiger partial charge on any atom is -0.481 e. The van der Waals surface area contributed by atoms with E-state index in [9.17, 15) is 15.0 Å². The smallest absolute Gasteiger partial charge is 0.309 e. The van der Waals surface area contributed by atoms with E-state index in [2.05, 4.69) is 60.6 Å². The van der Waals surface area contributed by atoms with Crippen LogP contribution in [0.3, 0.4) is 0 Å². The summed E-state index contributed by atoms with van der Waals surface area (Å²) >= 11 is 2.48. The molecule has 0 spiro atoms. The Kier molecular flexibility index (Phi) is 7.31. The third-order valence-electron chi connectivity index (χ3n) is 11.5. The van der Waals surface area contributed by atoms with Crippen LogP contribution in [0.1, 0.15) is 99.8 Å². The van der Waals surface area contributed by atoms with E-state index in [0.29, 0.717) is 52.8 Å². The first-order valence-corrected chi connectivity index (χ1v) is 14.9. The quantitative estimate of drug-likeness (QED) is 0.259. The maximum Gasteiger partial charge on any atom is 0.309 e. The number of fused-ring (bicyclic) bond motifs is 5. The summed E-state index contributed by atoms with van der Waals surface area (Å²) in [6.45, 7) is 18.2. The fraction of sp³-hybridized carbons (Fsp3) is 0.966. The standard InChI is InChI=1S/C29H50INO3/c1-18(15-26(2,3)17-27(4,5)25(33)34)20-8-9-21-24-22(10-11-29(20,21)7)28(6)12-13-31(30)16-19(28)14-23(24)32/h18-24,32H,8-17H2,1-7H3,(H,33,34)/t18-,19-,20-,21+,22+,23+,24+,28+,29-/m1/s1. The zero-order chi connectivity index (χ0) is 25.3. The van der Waals surface area contributed by atoms with E-state index in [1.807, 2.05) is 13.8 Å². The van der Waals surface area contributed by atoms with Crippen LogP contribution in [-0.4, -0.2) is 38.5 Å². The zero-order valence-corrected chi connectivity index (χ0v) is 24.9. The Morgan fingerprint density at radius 2 is 1.74 bits per heavy atom. The zero-order valence-electron chi connectivity index (χ0n) is 22.7. The van der Waals surface area contributed by atoms with Crippen LogP contribution in [0.4, 0.5) is 0 Å². The number of halogens is 1. The number of hydrogen-bond acceptors (Lipinski definition) is 3. The molecule has 4 aliphatic rings. The van der Waals surface area contributed by atoms with E-state index >= 15 is 0 Å². The van der Waals surface area contributed by atoms with E-state index in [-0.39, 0.29) is 11.5 Å². The summed E-state index contributed by atoms with van der Waals surface area (Å²) in [5.41, 5.74) is 0.0225. The van der Waals surface area contributed by atoms with Gasteiger partial charge in [0.2, 0.25) is 0 Å². The third-order valence-corrected chi connectivity index (χ3v) is 12.4. The Labute approximate surface area is 222 Å². The monoisotopic (exact) mass is 587 g/mol. The molecule has 0 aromatic carbocycles. The SMILES string of the molecule is C[C@H](CC(C)(C)CC(C)(C)C(=O)O)[C@H]1CC[C@H]2[C@@H]3[C@@H](O)C[C@@H]4CN(I)CC[C@]4(C)[C@H]3CC[C@]12C. The minimum atomic E-state index is -0.689. The van der Waals surface area contributed by atoms with Crippen molar-refractivity contribution in [2.75, 3.05) is 13.1 Å². The molecule has 1 aliphatic heterocycles. The average Bonchev–Trinajstić information content (AvgIpc) is 3.05. The van der Waals surface area contributed by atoms with Crippen LogP contribution in [0.2, 0.25) is 0 Å². The summed E-state index contributed by atoms with van der Waals surface area (Å²) < 4.78 is 2.45. The summed E-state index contributed by atoms with van der Waals surface area (Å²) in [4.78, 5) is 11.8. The molecule has 0 unspecified atom stereocenters. The van der Waals surface area contributed by atoms with E-state index in [4.69, 9.17) is 0 Å². The first-order valence-electron chi connectivity index (χ1n) is 13.9. The molecule has 0 aromatic heterocycles. The van der Waals surface area contributed by atoms with Gasteiger partial charge >= 0.3 is 5.97 Å². The summed E-state index contributed by atoms with van der Waals surface area (Å²) in [6.07, 6.45) is 9.05. The number of hydrogen-bond donors (Lipinski definition) is 2. The van der Waals surface area contributed by atoms with Crippen molar-refractivity contribution in [3.05, 3.63) is 0 Å². The van der Waals surface area contributed by atoms with Crippen molar-refractivity contribution in [3.63, 3.8) is 0 Å². The second-order valence-electron chi connectivity index (χ2n) is 14.9. The third kappa shape index (κ3) is 4.61. The van der Waals surface area contributed by atoms with Gasteiger partial charge in [0.25, 0.3) is 0 Å². The van der Waals surface area contributed by atoms with Gasteiger partial charge in [-0.15, -0.1) is 0 Å². The lowest BCUT2D eigenvalue weighted by Crippen LogP contribution is -2.60. The van der Waals surface area contributed by atoms with Gasteiger partial charge in [-0.2, -0.15) is 0 Å². The largest absolute Gasteiger partial charge is 0.481 e. The van der Waals surface area contributed by atoms with Gasteiger partial charge < -0.3 is 10.2 Å². The molecule has 1 heterocycles. The van der Waals surface area contributed by atoms with E-state index in [1.165, 1.54) is 38.6 Å². The number of aliphatic hydroxyl groups excluding tert-OH is 1. The van der Waals surface area contributed by atoms with Crippen LogP contribution >= 0.6 is 22.9 Å². The normalized spacial score (nSPS) is 44.1. The van der Waals surface area contributed by atoms with E-state index < -0.39 is 11.4 Å². The Hall–Kier alpha value is 0.120. The predicted octanol–water partition coefficient (Wildman–Crippen LogP) is 7.04. The van der Waals surface area contributed by atoms with Gasteiger partial charge in [0.05, 0.1) is 11.5 Å². The van der Waals surface area contributed by atoms with Crippen molar-refractivity contribution < 1.29 is 15.0 Å². The average molecular weight is 588 g/mol. The van der Waals surface area contributed by atoms with Crippen molar-refractivity contribution >= 4 is 28.8 Å². The summed E-state index contributed by atoms with van der Waals surface area (Å²) in [7, 11) is 0. The number of carboxylic acid groups (broad SMARTS) is 1. The van der Waals surface area contributed by atoms with Crippen LogP contribution in [0, 0.1) is 57.2 Å². The van der Waals surface area contributed by atoms with Crippen molar-refractivity contribution in [3.8, 4) is 0 Å². The molecule has 1 saturated heterocycles. The number of aliphatic hydroxyl groups is 1. The van der Waals surface area contributed by atoms with Crippen molar-refractivity contribution in [2.24, 2.45) is 57.2 Å².